The molecule has 0 aromatic heterocycles. The van der Waals surface area contributed by atoms with Gasteiger partial charge in [0.2, 0.25) is 0 Å². The third-order valence-corrected chi connectivity index (χ3v) is 4.59. The molecule has 1 unspecified atom stereocenters. The molecule has 2 aromatic carbocycles. The third-order valence-electron chi connectivity index (χ3n) is 4.59. The second kappa shape index (κ2) is 8.68. The topological polar surface area (TPSA) is 87.2 Å². The fourth-order valence-electron chi connectivity index (χ4n) is 3.35. The zero-order chi connectivity index (χ0) is 20.1. The van der Waals surface area contributed by atoms with Crippen molar-refractivity contribution >= 4 is 12.6 Å². The number of aliphatic hydroxyl groups is 1. The van der Waals surface area contributed by atoms with Gasteiger partial charge in [-0.25, -0.2) is 4.99 Å². The second-order valence-electron chi connectivity index (χ2n) is 6.87. The number of aliphatic hydroxyl groups excluding tert-OH is 1. The maximum atomic E-state index is 10.1. The average molecular weight is 377 g/mol. The van der Waals surface area contributed by atoms with Gasteiger partial charge in [0.1, 0.15) is 11.8 Å². The lowest BCUT2D eigenvalue weighted by Crippen LogP contribution is -2.09. The van der Waals surface area contributed by atoms with Crippen LogP contribution in [0, 0.1) is 11.3 Å². The predicted octanol–water partition coefficient (Wildman–Crippen LogP) is 3.90. The summed E-state index contributed by atoms with van der Waals surface area (Å²) in [6.45, 7) is 7.56. The number of hydrogen-bond acceptors (Lipinski definition) is 6. The van der Waals surface area contributed by atoms with Gasteiger partial charge in [-0.3, -0.25) is 0 Å². The summed E-state index contributed by atoms with van der Waals surface area (Å²) < 4.78 is 5.66. The Hall–Kier alpha value is -3.17. The van der Waals surface area contributed by atoms with Crippen LogP contribution in [0.5, 0.6) is 5.75 Å². The molecule has 2 aromatic rings. The van der Waals surface area contributed by atoms with Crippen LogP contribution < -0.4 is 4.74 Å². The molecule has 0 saturated heterocycles. The molecule has 6 nitrogen and oxygen atoms in total. The van der Waals surface area contributed by atoms with E-state index >= 15 is 0 Å². The number of rotatable bonds is 6. The standard InChI is InChI=1S/C22H23N3O3/c1-14(2)27-21-10-7-15(11-17(21)12-23)22(28-24-3)25-13-16-5-4-6-19-18(16)8-9-20(19)26/h4-7,10-11,14,20,26H,3,8-9,13H2,1-2H3/b25-22-. The van der Waals surface area contributed by atoms with E-state index in [1.54, 1.807) is 18.2 Å². The molecule has 28 heavy (non-hydrogen) atoms. The van der Waals surface area contributed by atoms with Crippen molar-refractivity contribution in [2.75, 3.05) is 0 Å². The Bertz CT molecular complexity index is 945. The van der Waals surface area contributed by atoms with Crippen LogP contribution in [0.1, 0.15) is 54.2 Å². The highest BCUT2D eigenvalue weighted by atomic mass is 16.6. The van der Waals surface area contributed by atoms with Gasteiger partial charge in [0.05, 0.1) is 24.3 Å². The molecule has 1 N–H and O–H groups in total. The molecule has 6 heteroatoms. The summed E-state index contributed by atoms with van der Waals surface area (Å²) in [5, 5.41) is 23.0. The van der Waals surface area contributed by atoms with Gasteiger partial charge in [-0.2, -0.15) is 5.26 Å². The van der Waals surface area contributed by atoms with Gasteiger partial charge in [-0.05, 0) is 61.6 Å². The summed E-state index contributed by atoms with van der Waals surface area (Å²) in [5.41, 5.74) is 4.17. The third kappa shape index (κ3) is 4.21. The van der Waals surface area contributed by atoms with Crippen LogP contribution in [0.3, 0.4) is 0 Å². The lowest BCUT2D eigenvalue weighted by Gasteiger charge is -2.12. The molecule has 0 amide bonds. The van der Waals surface area contributed by atoms with Crippen LogP contribution in [0.25, 0.3) is 0 Å². The first kappa shape index (κ1) is 19.6. The number of ether oxygens (including phenoxy) is 1. The largest absolute Gasteiger partial charge is 0.490 e. The number of aliphatic imine (C=N–C) groups is 1. The summed E-state index contributed by atoms with van der Waals surface area (Å²) in [4.78, 5) is 9.83. The summed E-state index contributed by atoms with van der Waals surface area (Å²) >= 11 is 0. The van der Waals surface area contributed by atoms with Crippen molar-refractivity contribution in [2.24, 2.45) is 10.1 Å². The van der Waals surface area contributed by atoms with Gasteiger partial charge in [-0.1, -0.05) is 23.4 Å². The van der Waals surface area contributed by atoms with Gasteiger partial charge < -0.3 is 14.7 Å². The molecular formula is C22H23N3O3. The maximum absolute atomic E-state index is 10.1. The lowest BCUT2D eigenvalue weighted by atomic mass is 10.0. The Labute approximate surface area is 164 Å². The molecule has 1 aliphatic carbocycles. The molecule has 0 saturated carbocycles. The summed E-state index contributed by atoms with van der Waals surface area (Å²) in [6, 6.07) is 13.2. The van der Waals surface area contributed by atoms with Crippen LogP contribution in [-0.2, 0) is 17.8 Å². The van der Waals surface area contributed by atoms with Crippen molar-refractivity contribution in [1.82, 2.24) is 0 Å². The van der Waals surface area contributed by atoms with Crippen LogP contribution in [0.2, 0.25) is 0 Å². The maximum Gasteiger partial charge on any atom is 0.251 e. The predicted molar refractivity (Wildman–Crippen MR) is 108 cm³/mol. The zero-order valence-corrected chi connectivity index (χ0v) is 16.1. The van der Waals surface area contributed by atoms with Crippen LogP contribution in [0.15, 0.2) is 46.5 Å². The van der Waals surface area contributed by atoms with Crippen molar-refractivity contribution in [1.29, 1.82) is 5.26 Å². The van der Waals surface area contributed by atoms with Crippen molar-refractivity contribution < 1.29 is 14.7 Å². The molecular weight excluding hydrogens is 354 g/mol. The Balaban J connectivity index is 1.90. The van der Waals surface area contributed by atoms with Crippen LogP contribution in [0.4, 0.5) is 0 Å². The minimum atomic E-state index is -0.406. The monoisotopic (exact) mass is 377 g/mol. The van der Waals surface area contributed by atoms with Crippen LogP contribution in [-0.4, -0.2) is 23.8 Å². The Kier molecular flexibility index (Phi) is 6.07. The number of hydrogen-bond donors (Lipinski definition) is 1. The number of nitriles is 1. The van der Waals surface area contributed by atoms with E-state index < -0.39 is 6.10 Å². The zero-order valence-electron chi connectivity index (χ0n) is 16.1. The van der Waals surface area contributed by atoms with Crippen molar-refractivity contribution in [3.8, 4) is 11.8 Å². The van der Waals surface area contributed by atoms with E-state index in [2.05, 4.69) is 22.9 Å². The van der Waals surface area contributed by atoms with E-state index in [9.17, 15) is 10.4 Å². The van der Waals surface area contributed by atoms with Crippen molar-refractivity contribution in [2.45, 2.75) is 45.4 Å². The number of oxime groups is 1. The number of benzene rings is 2. The fourth-order valence-corrected chi connectivity index (χ4v) is 3.35. The van der Waals surface area contributed by atoms with E-state index in [4.69, 9.17) is 9.57 Å². The first-order valence-electron chi connectivity index (χ1n) is 9.21. The molecule has 0 bridgehead atoms. The smallest absolute Gasteiger partial charge is 0.251 e. The molecule has 0 aliphatic heterocycles. The molecule has 1 atom stereocenters. The van der Waals surface area contributed by atoms with E-state index in [1.165, 1.54) is 0 Å². The number of fused-ring (bicyclic) bond motifs is 1. The van der Waals surface area contributed by atoms with Crippen molar-refractivity contribution in [3.05, 3.63) is 64.2 Å². The van der Waals surface area contributed by atoms with Gasteiger partial charge in [0.15, 0.2) is 0 Å². The molecule has 0 fully saturated rings. The minimum absolute atomic E-state index is 0.0345. The molecule has 0 spiro atoms. The molecule has 0 radical (unpaired) electrons. The summed E-state index contributed by atoms with van der Waals surface area (Å²) in [7, 11) is 0. The Morgan fingerprint density at radius 1 is 1.36 bits per heavy atom. The summed E-state index contributed by atoms with van der Waals surface area (Å²) in [5.74, 6) is 0.792. The van der Waals surface area contributed by atoms with Gasteiger partial charge >= 0.3 is 0 Å². The average Bonchev–Trinajstić information content (AvgIpc) is 3.07. The molecule has 3 rings (SSSR count). The highest BCUT2D eigenvalue weighted by Crippen LogP contribution is 2.33. The fraction of sp³-hybridized carbons (Fsp3) is 0.318. The quantitative estimate of drug-likeness (QED) is 0.470. The van der Waals surface area contributed by atoms with Crippen LogP contribution >= 0.6 is 0 Å². The minimum Gasteiger partial charge on any atom is -0.490 e. The summed E-state index contributed by atoms with van der Waals surface area (Å²) in [6.07, 6.45) is 1.12. The van der Waals surface area contributed by atoms with Gasteiger partial charge in [-0.15, -0.1) is 0 Å². The SMILES string of the molecule is C=NO/C(=N\Cc1cccc2c1CCC2O)c1ccc(OC(C)C)c(C#N)c1. The highest BCUT2D eigenvalue weighted by molar-refractivity contribution is 5.94. The van der Waals surface area contributed by atoms with E-state index in [-0.39, 0.29) is 12.0 Å². The molecule has 1 aliphatic rings. The van der Waals surface area contributed by atoms with Gasteiger partial charge in [0.25, 0.3) is 5.90 Å². The molecule has 144 valence electrons. The first-order valence-corrected chi connectivity index (χ1v) is 9.21. The number of nitrogens with zero attached hydrogens (tertiary/aromatic N) is 3. The Morgan fingerprint density at radius 3 is 2.89 bits per heavy atom. The normalized spacial score (nSPS) is 15.8. The Morgan fingerprint density at radius 2 is 2.18 bits per heavy atom. The van der Waals surface area contributed by atoms with E-state index in [0.717, 1.165) is 29.5 Å². The first-order chi connectivity index (χ1) is 13.5. The highest BCUT2D eigenvalue weighted by Gasteiger charge is 2.22. The van der Waals surface area contributed by atoms with E-state index in [0.29, 0.717) is 23.4 Å². The lowest BCUT2D eigenvalue weighted by molar-refractivity contribution is 0.180. The second-order valence-corrected chi connectivity index (χ2v) is 6.87. The van der Waals surface area contributed by atoms with Crippen molar-refractivity contribution in [3.63, 3.8) is 0 Å². The van der Waals surface area contributed by atoms with E-state index in [1.807, 2.05) is 32.0 Å². The molecule has 0 heterocycles. The van der Waals surface area contributed by atoms with Gasteiger partial charge in [0, 0.05) is 12.3 Å².